The standard InChI is InChI=1S/C20H23NO3S/c1-23-17-10-6-9-16(19(17)24-2)20(22)21-12-11-18(25-14-13-21)15-7-4-3-5-8-15/h3-10,18H,11-14H2,1-2H3. The third-order valence-corrected chi connectivity index (χ3v) is 5.76. The number of amides is 1. The summed E-state index contributed by atoms with van der Waals surface area (Å²) >= 11 is 1.92. The molecule has 2 aromatic rings. The molecule has 1 atom stereocenters. The number of carbonyl (C=O) groups excluding carboxylic acids is 1. The van der Waals surface area contributed by atoms with Gasteiger partial charge in [-0.2, -0.15) is 11.8 Å². The van der Waals surface area contributed by atoms with Crippen molar-refractivity contribution in [1.29, 1.82) is 0 Å². The molecule has 4 nitrogen and oxygen atoms in total. The molecular weight excluding hydrogens is 334 g/mol. The summed E-state index contributed by atoms with van der Waals surface area (Å²) in [4.78, 5) is 14.9. The summed E-state index contributed by atoms with van der Waals surface area (Å²) in [6, 6.07) is 16.0. The number of rotatable bonds is 4. The van der Waals surface area contributed by atoms with Crippen molar-refractivity contribution in [2.45, 2.75) is 11.7 Å². The molecule has 25 heavy (non-hydrogen) atoms. The molecular formula is C20H23NO3S. The summed E-state index contributed by atoms with van der Waals surface area (Å²) in [5, 5.41) is 0.436. The zero-order valence-corrected chi connectivity index (χ0v) is 15.4. The minimum absolute atomic E-state index is 0.00469. The van der Waals surface area contributed by atoms with E-state index in [0.29, 0.717) is 22.3 Å². The summed E-state index contributed by atoms with van der Waals surface area (Å²) < 4.78 is 10.7. The van der Waals surface area contributed by atoms with E-state index in [-0.39, 0.29) is 5.91 Å². The molecule has 0 radical (unpaired) electrons. The van der Waals surface area contributed by atoms with Crippen molar-refractivity contribution in [2.24, 2.45) is 0 Å². The monoisotopic (exact) mass is 357 g/mol. The summed E-state index contributed by atoms with van der Waals surface area (Å²) in [7, 11) is 3.15. The third kappa shape index (κ3) is 3.93. The first kappa shape index (κ1) is 17.7. The molecule has 0 saturated carbocycles. The lowest BCUT2D eigenvalue weighted by Crippen LogP contribution is -2.33. The quantitative estimate of drug-likeness (QED) is 0.828. The second-order valence-electron chi connectivity index (χ2n) is 5.89. The Morgan fingerprint density at radius 2 is 1.84 bits per heavy atom. The van der Waals surface area contributed by atoms with Crippen molar-refractivity contribution in [2.75, 3.05) is 33.1 Å². The fourth-order valence-electron chi connectivity index (χ4n) is 3.13. The van der Waals surface area contributed by atoms with Crippen LogP contribution in [-0.4, -0.2) is 43.9 Å². The summed E-state index contributed by atoms with van der Waals surface area (Å²) in [5.41, 5.74) is 1.89. The lowest BCUT2D eigenvalue weighted by molar-refractivity contribution is 0.0762. The summed E-state index contributed by atoms with van der Waals surface area (Å²) in [5.74, 6) is 2.02. The van der Waals surface area contributed by atoms with Crippen LogP contribution < -0.4 is 9.47 Å². The predicted molar refractivity (Wildman–Crippen MR) is 102 cm³/mol. The van der Waals surface area contributed by atoms with Gasteiger partial charge in [-0.25, -0.2) is 0 Å². The maximum Gasteiger partial charge on any atom is 0.257 e. The van der Waals surface area contributed by atoms with Crippen molar-refractivity contribution in [1.82, 2.24) is 4.90 Å². The van der Waals surface area contributed by atoms with Crippen LogP contribution in [-0.2, 0) is 0 Å². The highest BCUT2D eigenvalue weighted by Gasteiger charge is 2.25. The summed E-state index contributed by atoms with van der Waals surface area (Å²) in [6.45, 7) is 1.49. The van der Waals surface area contributed by atoms with Gasteiger partial charge in [-0.1, -0.05) is 36.4 Å². The van der Waals surface area contributed by atoms with E-state index in [1.54, 1.807) is 26.4 Å². The largest absolute Gasteiger partial charge is 0.493 e. The fourth-order valence-corrected chi connectivity index (χ4v) is 4.36. The Balaban J connectivity index is 1.76. The van der Waals surface area contributed by atoms with E-state index in [4.69, 9.17) is 9.47 Å². The van der Waals surface area contributed by atoms with E-state index in [2.05, 4.69) is 24.3 Å². The van der Waals surface area contributed by atoms with Crippen molar-refractivity contribution in [3.8, 4) is 11.5 Å². The van der Waals surface area contributed by atoms with E-state index < -0.39 is 0 Å². The van der Waals surface area contributed by atoms with E-state index in [1.165, 1.54) is 5.56 Å². The molecule has 0 N–H and O–H groups in total. The smallest absolute Gasteiger partial charge is 0.257 e. The second-order valence-corrected chi connectivity index (χ2v) is 7.20. The predicted octanol–water partition coefficient (Wildman–Crippen LogP) is 4.02. The number of benzene rings is 2. The molecule has 1 unspecified atom stereocenters. The van der Waals surface area contributed by atoms with Crippen LogP contribution in [0.1, 0.15) is 27.6 Å². The van der Waals surface area contributed by atoms with Gasteiger partial charge < -0.3 is 14.4 Å². The van der Waals surface area contributed by atoms with Gasteiger partial charge in [0.2, 0.25) is 0 Å². The Hall–Kier alpha value is -2.14. The minimum atomic E-state index is 0.00469. The first-order valence-electron chi connectivity index (χ1n) is 8.41. The van der Waals surface area contributed by atoms with Crippen LogP contribution >= 0.6 is 11.8 Å². The van der Waals surface area contributed by atoms with Crippen LogP contribution in [0.15, 0.2) is 48.5 Å². The molecule has 1 fully saturated rings. The number of para-hydroxylation sites is 1. The van der Waals surface area contributed by atoms with E-state index >= 15 is 0 Å². The highest BCUT2D eigenvalue weighted by molar-refractivity contribution is 7.99. The highest BCUT2D eigenvalue weighted by atomic mass is 32.2. The molecule has 1 amide bonds. The number of hydrogen-bond acceptors (Lipinski definition) is 4. The molecule has 1 heterocycles. The van der Waals surface area contributed by atoms with E-state index in [1.807, 2.05) is 28.8 Å². The zero-order chi connectivity index (χ0) is 17.6. The lowest BCUT2D eigenvalue weighted by Gasteiger charge is -2.22. The molecule has 0 bridgehead atoms. The number of nitrogens with zero attached hydrogens (tertiary/aromatic N) is 1. The maximum absolute atomic E-state index is 13.0. The number of carbonyl (C=O) groups is 1. The Kier molecular flexibility index (Phi) is 5.87. The van der Waals surface area contributed by atoms with Gasteiger partial charge in [-0.05, 0) is 24.1 Å². The van der Waals surface area contributed by atoms with E-state index in [9.17, 15) is 4.79 Å². The SMILES string of the molecule is COc1cccc(C(=O)N2CCSC(c3ccccc3)CC2)c1OC. The first-order valence-corrected chi connectivity index (χ1v) is 9.46. The maximum atomic E-state index is 13.0. The van der Waals surface area contributed by atoms with Gasteiger partial charge in [0, 0.05) is 24.1 Å². The molecule has 1 aliphatic rings. The van der Waals surface area contributed by atoms with Crippen molar-refractivity contribution >= 4 is 17.7 Å². The van der Waals surface area contributed by atoms with Crippen molar-refractivity contribution in [3.05, 3.63) is 59.7 Å². The molecule has 2 aromatic carbocycles. The molecule has 0 spiro atoms. The minimum Gasteiger partial charge on any atom is -0.493 e. The average molecular weight is 357 g/mol. The van der Waals surface area contributed by atoms with Gasteiger partial charge in [-0.15, -0.1) is 0 Å². The Morgan fingerprint density at radius 1 is 1.04 bits per heavy atom. The first-order chi connectivity index (χ1) is 12.2. The molecule has 0 aromatic heterocycles. The van der Waals surface area contributed by atoms with Gasteiger partial charge in [0.25, 0.3) is 5.91 Å². The zero-order valence-electron chi connectivity index (χ0n) is 14.6. The molecule has 0 aliphatic carbocycles. The molecule has 1 saturated heterocycles. The van der Waals surface area contributed by atoms with Gasteiger partial charge in [0.15, 0.2) is 11.5 Å². The average Bonchev–Trinajstić information content (AvgIpc) is 2.93. The van der Waals surface area contributed by atoms with E-state index in [0.717, 1.165) is 25.3 Å². The molecule has 3 rings (SSSR count). The van der Waals surface area contributed by atoms with Crippen LogP contribution in [0.3, 0.4) is 0 Å². The van der Waals surface area contributed by atoms with Crippen LogP contribution in [0.2, 0.25) is 0 Å². The Labute approximate surface area is 153 Å². The van der Waals surface area contributed by atoms with Crippen LogP contribution in [0.4, 0.5) is 0 Å². The van der Waals surface area contributed by atoms with Crippen molar-refractivity contribution < 1.29 is 14.3 Å². The number of thioether (sulfide) groups is 1. The number of hydrogen-bond donors (Lipinski definition) is 0. The third-order valence-electron chi connectivity index (χ3n) is 4.43. The Morgan fingerprint density at radius 3 is 2.56 bits per heavy atom. The second kappa shape index (κ2) is 8.30. The van der Waals surface area contributed by atoms with Crippen molar-refractivity contribution in [3.63, 3.8) is 0 Å². The van der Waals surface area contributed by atoms with Gasteiger partial charge in [0.1, 0.15) is 0 Å². The Bertz CT molecular complexity index is 720. The van der Waals surface area contributed by atoms with Crippen LogP contribution in [0.5, 0.6) is 11.5 Å². The topological polar surface area (TPSA) is 38.8 Å². The fraction of sp³-hybridized carbons (Fsp3) is 0.350. The number of methoxy groups -OCH3 is 2. The molecule has 132 valence electrons. The highest BCUT2D eigenvalue weighted by Crippen LogP contribution is 2.36. The number of ether oxygens (including phenoxy) is 2. The van der Waals surface area contributed by atoms with Gasteiger partial charge in [-0.3, -0.25) is 4.79 Å². The lowest BCUT2D eigenvalue weighted by atomic mass is 10.1. The van der Waals surface area contributed by atoms with Crippen LogP contribution in [0, 0.1) is 0 Å². The van der Waals surface area contributed by atoms with Crippen LogP contribution in [0.25, 0.3) is 0 Å². The molecule has 1 aliphatic heterocycles. The molecule has 5 heteroatoms. The van der Waals surface area contributed by atoms with Gasteiger partial charge >= 0.3 is 0 Å². The summed E-state index contributed by atoms with van der Waals surface area (Å²) in [6.07, 6.45) is 0.951. The normalized spacial score (nSPS) is 17.7. The van der Waals surface area contributed by atoms with Gasteiger partial charge in [0.05, 0.1) is 19.8 Å².